The highest BCUT2D eigenvalue weighted by Crippen LogP contribution is 2.20. The average molecular weight is 341 g/mol. The van der Waals surface area contributed by atoms with Crippen molar-refractivity contribution in [2.75, 3.05) is 0 Å². The predicted octanol–water partition coefficient (Wildman–Crippen LogP) is 4.17. The molecule has 0 aliphatic rings. The summed E-state index contributed by atoms with van der Waals surface area (Å²) in [5.41, 5.74) is 3.19. The highest BCUT2D eigenvalue weighted by atomic mass is 16.5. The van der Waals surface area contributed by atoms with E-state index in [9.17, 15) is 4.79 Å². The quantitative estimate of drug-likeness (QED) is 0.822. The van der Waals surface area contributed by atoms with E-state index in [2.05, 4.69) is 5.32 Å². The molecule has 1 amide bonds. The smallest absolute Gasteiger partial charge is 0.261 e. The topological polar surface area (TPSA) is 47.6 Å². The van der Waals surface area contributed by atoms with Gasteiger partial charge < -0.3 is 14.8 Å². The fourth-order valence-electron chi connectivity index (χ4n) is 2.51. The molecule has 4 heteroatoms. The Morgan fingerprint density at radius 3 is 2.48 bits per heavy atom. The molecule has 0 unspecified atom stereocenters. The van der Waals surface area contributed by atoms with Crippen LogP contribution in [0.2, 0.25) is 0 Å². The van der Waals surface area contributed by atoms with Crippen LogP contribution in [-0.2, 0) is 11.3 Å². The fourth-order valence-corrected chi connectivity index (χ4v) is 2.51. The maximum absolute atomic E-state index is 12.3. The van der Waals surface area contributed by atoms with Gasteiger partial charge in [0.15, 0.2) is 6.10 Å². The molecule has 4 nitrogen and oxygen atoms in total. The maximum atomic E-state index is 12.3. The van der Waals surface area contributed by atoms with Gasteiger partial charge in [-0.15, -0.1) is 0 Å². The van der Waals surface area contributed by atoms with Crippen molar-refractivity contribution in [2.24, 2.45) is 0 Å². The summed E-state index contributed by atoms with van der Waals surface area (Å²) in [5, 5.41) is 2.91. The molecule has 25 heavy (non-hydrogen) atoms. The summed E-state index contributed by atoms with van der Waals surface area (Å²) in [7, 11) is 0. The van der Waals surface area contributed by atoms with E-state index in [0.717, 1.165) is 22.6 Å². The lowest BCUT2D eigenvalue weighted by Crippen LogP contribution is -2.36. The number of carbonyl (C=O) groups excluding carboxylic acids is 1. The van der Waals surface area contributed by atoms with Gasteiger partial charge in [0.1, 0.15) is 11.5 Å². The number of ether oxygens (including phenoxy) is 2. The van der Waals surface area contributed by atoms with Crippen molar-refractivity contribution in [1.29, 1.82) is 0 Å². The van der Waals surface area contributed by atoms with Crippen molar-refractivity contribution in [1.82, 2.24) is 5.32 Å². The average Bonchev–Trinajstić information content (AvgIpc) is 2.55. The van der Waals surface area contributed by atoms with Crippen LogP contribution in [0.1, 0.15) is 37.5 Å². The highest BCUT2D eigenvalue weighted by molar-refractivity contribution is 5.80. The standard InChI is InChI=1S/C21H27NO3/c1-14(2)24-19-8-6-7-18(12-19)13-22-21(23)17(5)25-20-10-9-15(3)11-16(20)4/h6-12,14,17H,13H2,1-5H3,(H,22,23)/t17-/m0/s1. The molecule has 2 rings (SSSR count). The second-order valence-electron chi connectivity index (χ2n) is 6.56. The molecular weight excluding hydrogens is 314 g/mol. The largest absolute Gasteiger partial charge is 0.491 e. The Balaban J connectivity index is 1.91. The number of aryl methyl sites for hydroxylation is 2. The third-order valence-electron chi connectivity index (χ3n) is 3.74. The van der Waals surface area contributed by atoms with E-state index >= 15 is 0 Å². The first-order chi connectivity index (χ1) is 11.8. The van der Waals surface area contributed by atoms with Crippen LogP contribution in [0, 0.1) is 13.8 Å². The zero-order chi connectivity index (χ0) is 18.4. The molecular formula is C21H27NO3. The van der Waals surface area contributed by atoms with Crippen LogP contribution in [-0.4, -0.2) is 18.1 Å². The zero-order valence-corrected chi connectivity index (χ0v) is 15.6. The van der Waals surface area contributed by atoms with Crippen molar-refractivity contribution in [3.8, 4) is 11.5 Å². The number of hydrogen-bond donors (Lipinski definition) is 1. The van der Waals surface area contributed by atoms with E-state index in [1.807, 2.05) is 70.2 Å². The van der Waals surface area contributed by atoms with E-state index in [1.54, 1.807) is 6.92 Å². The van der Waals surface area contributed by atoms with Gasteiger partial charge >= 0.3 is 0 Å². The molecule has 0 spiro atoms. The van der Waals surface area contributed by atoms with Crippen LogP contribution in [0.4, 0.5) is 0 Å². The molecule has 0 saturated heterocycles. The van der Waals surface area contributed by atoms with Gasteiger partial charge in [-0.1, -0.05) is 29.8 Å². The Morgan fingerprint density at radius 2 is 1.80 bits per heavy atom. The maximum Gasteiger partial charge on any atom is 0.261 e. The van der Waals surface area contributed by atoms with Gasteiger partial charge in [-0.25, -0.2) is 0 Å². The van der Waals surface area contributed by atoms with Gasteiger partial charge in [0.2, 0.25) is 0 Å². The third kappa shape index (κ3) is 5.82. The lowest BCUT2D eigenvalue weighted by Gasteiger charge is -2.17. The molecule has 1 N–H and O–H groups in total. The molecule has 0 bridgehead atoms. The Bertz CT molecular complexity index is 725. The minimum Gasteiger partial charge on any atom is -0.491 e. The Hall–Kier alpha value is -2.49. The Morgan fingerprint density at radius 1 is 1.04 bits per heavy atom. The molecule has 2 aromatic carbocycles. The number of carbonyl (C=O) groups is 1. The monoisotopic (exact) mass is 341 g/mol. The van der Waals surface area contributed by atoms with Crippen LogP contribution < -0.4 is 14.8 Å². The molecule has 0 radical (unpaired) electrons. The van der Waals surface area contributed by atoms with Crippen LogP contribution in [0.3, 0.4) is 0 Å². The van der Waals surface area contributed by atoms with E-state index in [1.165, 1.54) is 5.56 Å². The number of benzene rings is 2. The van der Waals surface area contributed by atoms with E-state index in [4.69, 9.17) is 9.47 Å². The summed E-state index contributed by atoms with van der Waals surface area (Å²) >= 11 is 0. The number of amides is 1. The van der Waals surface area contributed by atoms with Crippen molar-refractivity contribution < 1.29 is 14.3 Å². The van der Waals surface area contributed by atoms with Crippen molar-refractivity contribution in [3.05, 3.63) is 59.2 Å². The summed E-state index contributed by atoms with van der Waals surface area (Å²) in [6.07, 6.45) is -0.437. The second kappa shape index (κ2) is 8.56. The van der Waals surface area contributed by atoms with E-state index in [0.29, 0.717) is 6.54 Å². The first-order valence-electron chi connectivity index (χ1n) is 8.62. The van der Waals surface area contributed by atoms with Gasteiger partial charge in [0.05, 0.1) is 6.10 Å². The van der Waals surface area contributed by atoms with Gasteiger partial charge in [-0.05, 0) is 63.9 Å². The number of nitrogens with one attached hydrogen (secondary N) is 1. The summed E-state index contributed by atoms with van der Waals surface area (Å²) in [6, 6.07) is 13.7. The lowest BCUT2D eigenvalue weighted by atomic mass is 10.1. The number of rotatable bonds is 7. The van der Waals surface area contributed by atoms with Crippen LogP contribution in [0.15, 0.2) is 42.5 Å². The molecule has 1 atom stereocenters. The second-order valence-corrected chi connectivity index (χ2v) is 6.56. The Labute approximate surface area is 150 Å². The summed E-state index contributed by atoms with van der Waals surface area (Å²) in [4.78, 5) is 12.3. The summed E-state index contributed by atoms with van der Waals surface area (Å²) < 4.78 is 11.5. The summed E-state index contributed by atoms with van der Waals surface area (Å²) in [5.74, 6) is 1.40. The summed E-state index contributed by atoms with van der Waals surface area (Å²) in [6.45, 7) is 10.2. The molecule has 2 aromatic rings. The first kappa shape index (κ1) is 18.8. The van der Waals surface area contributed by atoms with E-state index in [-0.39, 0.29) is 12.0 Å². The van der Waals surface area contributed by atoms with E-state index < -0.39 is 6.10 Å². The van der Waals surface area contributed by atoms with Gasteiger partial charge in [-0.3, -0.25) is 4.79 Å². The van der Waals surface area contributed by atoms with Crippen molar-refractivity contribution in [2.45, 2.75) is 53.4 Å². The molecule has 0 heterocycles. The highest BCUT2D eigenvalue weighted by Gasteiger charge is 2.15. The first-order valence-corrected chi connectivity index (χ1v) is 8.62. The molecule has 0 aliphatic carbocycles. The van der Waals surface area contributed by atoms with Crippen molar-refractivity contribution in [3.63, 3.8) is 0 Å². The molecule has 0 saturated carbocycles. The normalized spacial score (nSPS) is 11.9. The third-order valence-corrected chi connectivity index (χ3v) is 3.74. The lowest BCUT2D eigenvalue weighted by molar-refractivity contribution is -0.127. The van der Waals surface area contributed by atoms with Crippen LogP contribution in [0.25, 0.3) is 0 Å². The molecule has 0 aromatic heterocycles. The number of hydrogen-bond acceptors (Lipinski definition) is 3. The van der Waals surface area contributed by atoms with Crippen molar-refractivity contribution >= 4 is 5.91 Å². The van der Waals surface area contributed by atoms with Gasteiger partial charge in [0, 0.05) is 6.54 Å². The fraction of sp³-hybridized carbons (Fsp3) is 0.381. The zero-order valence-electron chi connectivity index (χ0n) is 15.6. The molecule has 134 valence electrons. The van der Waals surface area contributed by atoms with Gasteiger partial charge in [0.25, 0.3) is 5.91 Å². The predicted molar refractivity (Wildman–Crippen MR) is 100 cm³/mol. The SMILES string of the molecule is Cc1ccc(O[C@@H](C)C(=O)NCc2cccc(OC(C)C)c2)c(C)c1. The molecule has 0 aliphatic heterocycles. The minimum atomic E-state index is -0.559. The molecule has 0 fully saturated rings. The van der Waals surface area contributed by atoms with Gasteiger partial charge in [-0.2, -0.15) is 0 Å². The minimum absolute atomic E-state index is 0.121. The van der Waals surface area contributed by atoms with Crippen LogP contribution >= 0.6 is 0 Å². The van der Waals surface area contributed by atoms with Crippen LogP contribution in [0.5, 0.6) is 11.5 Å². The Kier molecular flexibility index (Phi) is 6.45.